The Morgan fingerprint density at radius 1 is 1.06 bits per heavy atom. The molecule has 1 atom stereocenters. The van der Waals surface area contributed by atoms with Crippen LogP contribution in [0.2, 0.25) is 0 Å². The second kappa shape index (κ2) is 9.90. The average Bonchev–Trinajstić information content (AvgIpc) is 2.82. The molecule has 0 saturated heterocycles. The van der Waals surface area contributed by atoms with Gasteiger partial charge in [0.15, 0.2) is 6.10 Å². The number of aryl methyl sites for hydroxylation is 1. The minimum Gasteiger partial charge on any atom is -0.479 e. The van der Waals surface area contributed by atoms with Gasteiger partial charge in [-0.3, -0.25) is 4.79 Å². The van der Waals surface area contributed by atoms with Crippen molar-refractivity contribution in [2.45, 2.75) is 64.6 Å². The summed E-state index contributed by atoms with van der Waals surface area (Å²) in [4.78, 5) is 25.2. The molecule has 1 heterocycles. The number of fused-ring (bicyclic) bond motifs is 1. The highest BCUT2D eigenvalue weighted by Gasteiger charge is 2.23. The van der Waals surface area contributed by atoms with Crippen LogP contribution in [0, 0.1) is 0 Å². The molecular formula is C26H28O6. The maximum absolute atomic E-state index is 12.8. The van der Waals surface area contributed by atoms with E-state index in [9.17, 15) is 9.59 Å². The van der Waals surface area contributed by atoms with Crippen LogP contribution >= 0.6 is 0 Å². The molecule has 0 spiro atoms. The molecule has 1 aliphatic rings. The Balaban J connectivity index is 1.45. The first kappa shape index (κ1) is 21.9. The van der Waals surface area contributed by atoms with Gasteiger partial charge in [-0.15, -0.1) is 0 Å². The number of hydrogen-bond donors (Lipinski definition) is 0. The third kappa shape index (κ3) is 5.13. The molecule has 4 rings (SSSR count). The highest BCUT2D eigenvalue weighted by Crippen LogP contribution is 2.26. The first-order valence-electron chi connectivity index (χ1n) is 11.2. The molecule has 1 unspecified atom stereocenters. The van der Waals surface area contributed by atoms with Crippen molar-refractivity contribution in [1.29, 1.82) is 0 Å². The Morgan fingerprint density at radius 2 is 1.78 bits per heavy atom. The Bertz CT molecular complexity index is 1130. The third-order valence-electron chi connectivity index (χ3n) is 5.75. The summed E-state index contributed by atoms with van der Waals surface area (Å²) in [6.07, 6.45) is 6.64. The van der Waals surface area contributed by atoms with Crippen LogP contribution in [0.25, 0.3) is 11.0 Å². The molecule has 168 valence electrons. The number of rotatable bonds is 7. The summed E-state index contributed by atoms with van der Waals surface area (Å²) in [5, 5.41) is 0.373. The first-order chi connectivity index (χ1) is 15.5. The van der Waals surface area contributed by atoms with E-state index in [4.69, 9.17) is 18.6 Å². The zero-order valence-electron chi connectivity index (χ0n) is 18.5. The average molecular weight is 437 g/mol. The van der Waals surface area contributed by atoms with Gasteiger partial charge in [0.1, 0.15) is 29.4 Å². The van der Waals surface area contributed by atoms with Gasteiger partial charge >= 0.3 is 5.97 Å². The first-order valence-corrected chi connectivity index (χ1v) is 11.2. The van der Waals surface area contributed by atoms with Gasteiger partial charge in [-0.1, -0.05) is 25.5 Å². The van der Waals surface area contributed by atoms with Crippen molar-refractivity contribution < 1.29 is 23.4 Å². The van der Waals surface area contributed by atoms with Gasteiger partial charge < -0.3 is 18.6 Å². The molecule has 0 radical (unpaired) electrons. The molecule has 1 fully saturated rings. The van der Waals surface area contributed by atoms with E-state index < -0.39 is 6.10 Å². The number of esters is 1. The van der Waals surface area contributed by atoms with E-state index in [0.717, 1.165) is 32.1 Å². The van der Waals surface area contributed by atoms with Crippen molar-refractivity contribution in [3.05, 3.63) is 64.5 Å². The second-order valence-electron chi connectivity index (χ2n) is 8.14. The van der Waals surface area contributed by atoms with Gasteiger partial charge in [-0.25, -0.2) is 4.79 Å². The SMILES string of the molecule is CCc1ccc(Oc2coc3cc(OC(C)C(=O)OC4CCCCC4)ccc3c2=O)cc1. The van der Waals surface area contributed by atoms with Crippen LogP contribution in [0.5, 0.6) is 17.2 Å². The number of carbonyl (C=O) groups is 1. The summed E-state index contributed by atoms with van der Waals surface area (Å²) in [7, 11) is 0. The van der Waals surface area contributed by atoms with Crippen LogP contribution in [-0.4, -0.2) is 18.2 Å². The number of hydrogen-bond acceptors (Lipinski definition) is 6. The van der Waals surface area contributed by atoms with Crippen LogP contribution in [0.3, 0.4) is 0 Å². The van der Waals surface area contributed by atoms with E-state index in [0.29, 0.717) is 22.5 Å². The van der Waals surface area contributed by atoms with E-state index in [-0.39, 0.29) is 23.3 Å². The van der Waals surface area contributed by atoms with Crippen LogP contribution in [0.15, 0.2) is 57.9 Å². The van der Waals surface area contributed by atoms with Crippen molar-refractivity contribution in [3.63, 3.8) is 0 Å². The van der Waals surface area contributed by atoms with Crippen LogP contribution in [0.1, 0.15) is 51.5 Å². The fraction of sp³-hybridized carbons (Fsp3) is 0.385. The predicted molar refractivity (Wildman–Crippen MR) is 121 cm³/mol. The fourth-order valence-electron chi connectivity index (χ4n) is 3.85. The number of ether oxygens (including phenoxy) is 3. The van der Waals surface area contributed by atoms with E-state index in [2.05, 4.69) is 6.92 Å². The smallest absolute Gasteiger partial charge is 0.347 e. The maximum Gasteiger partial charge on any atom is 0.347 e. The highest BCUT2D eigenvalue weighted by atomic mass is 16.6. The molecule has 0 N–H and O–H groups in total. The summed E-state index contributed by atoms with van der Waals surface area (Å²) in [6, 6.07) is 12.4. The minimum absolute atomic E-state index is 0.0199. The largest absolute Gasteiger partial charge is 0.479 e. The molecular weight excluding hydrogens is 408 g/mol. The summed E-state index contributed by atoms with van der Waals surface area (Å²) in [5.74, 6) is 0.729. The van der Waals surface area contributed by atoms with Crippen molar-refractivity contribution in [2.75, 3.05) is 0 Å². The molecule has 32 heavy (non-hydrogen) atoms. The number of benzene rings is 2. The van der Waals surface area contributed by atoms with E-state index in [1.165, 1.54) is 18.2 Å². The molecule has 1 saturated carbocycles. The van der Waals surface area contributed by atoms with Gasteiger partial charge in [0.25, 0.3) is 0 Å². The van der Waals surface area contributed by atoms with E-state index in [1.54, 1.807) is 25.1 Å². The normalized spacial score (nSPS) is 15.3. The fourth-order valence-corrected chi connectivity index (χ4v) is 3.85. The summed E-state index contributed by atoms with van der Waals surface area (Å²) >= 11 is 0. The zero-order valence-corrected chi connectivity index (χ0v) is 18.5. The molecule has 0 bridgehead atoms. The van der Waals surface area contributed by atoms with Crippen molar-refractivity contribution in [1.82, 2.24) is 0 Å². The Hall–Kier alpha value is -3.28. The molecule has 1 aliphatic carbocycles. The highest BCUT2D eigenvalue weighted by molar-refractivity contribution is 5.79. The molecule has 0 aliphatic heterocycles. The lowest BCUT2D eigenvalue weighted by Gasteiger charge is -2.23. The van der Waals surface area contributed by atoms with Crippen molar-refractivity contribution >= 4 is 16.9 Å². The van der Waals surface area contributed by atoms with Crippen LogP contribution < -0.4 is 14.9 Å². The van der Waals surface area contributed by atoms with Crippen LogP contribution in [0.4, 0.5) is 0 Å². The maximum atomic E-state index is 12.8. The van der Waals surface area contributed by atoms with E-state index >= 15 is 0 Å². The Morgan fingerprint density at radius 3 is 2.50 bits per heavy atom. The lowest BCUT2D eigenvalue weighted by atomic mass is 9.98. The predicted octanol–water partition coefficient (Wildman–Crippen LogP) is 5.79. The standard InChI is InChI=1S/C26H28O6/c1-3-18-9-11-20(12-10-18)31-24-16-29-23-15-21(13-14-22(23)25(24)27)30-17(2)26(28)32-19-7-5-4-6-8-19/h9-17,19H,3-8H2,1-2H3. The molecule has 6 heteroatoms. The summed E-state index contributed by atoms with van der Waals surface area (Å²) in [6.45, 7) is 3.73. The Labute approximate surface area is 187 Å². The topological polar surface area (TPSA) is 75.0 Å². The second-order valence-corrected chi connectivity index (χ2v) is 8.14. The quantitative estimate of drug-likeness (QED) is 0.436. The van der Waals surface area contributed by atoms with Gasteiger partial charge in [-0.2, -0.15) is 0 Å². The summed E-state index contributed by atoms with van der Waals surface area (Å²) in [5.41, 5.74) is 1.27. The van der Waals surface area contributed by atoms with Gasteiger partial charge in [0.05, 0.1) is 5.39 Å². The lowest BCUT2D eigenvalue weighted by molar-refractivity contribution is -0.158. The zero-order chi connectivity index (χ0) is 22.5. The molecule has 2 aromatic carbocycles. The Kier molecular flexibility index (Phi) is 6.78. The van der Waals surface area contributed by atoms with Gasteiger partial charge in [0.2, 0.25) is 11.2 Å². The molecule has 0 amide bonds. The summed E-state index contributed by atoms with van der Waals surface area (Å²) < 4.78 is 22.7. The van der Waals surface area contributed by atoms with Crippen molar-refractivity contribution in [3.8, 4) is 17.2 Å². The number of carbonyl (C=O) groups excluding carboxylic acids is 1. The van der Waals surface area contributed by atoms with Crippen LogP contribution in [-0.2, 0) is 16.0 Å². The van der Waals surface area contributed by atoms with Gasteiger partial charge in [-0.05, 0) is 68.9 Å². The monoisotopic (exact) mass is 436 g/mol. The molecule has 3 aromatic rings. The van der Waals surface area contributed by atoms with E-state index in [1.807, 2.05) is 24.3 Å². The van der Waals surface area contributed by atoms with Gasteiger partial charge in [0, 0.05) is 6.07 Å². The molecule has 6 nitrogen and oxygen atoms in total. The minimum atomic E-state index is -0.755. The third-order valence-corrected chi connectivity index (χ3v) is 5.75. The van der Waals surface area contributed by atoms with Crippen molar-refractivity contribution in [2.24, 2.45) is 0 Å². The molecule has 1 aromatic heterocycles. The lowest BCUT2D eigenvalue weighted by Crippen LogP contribution is -2.31.